The molecule has 1 N–H and O–H groups in total. The lowest BCUT2D eigenvalue weighted by molar-refractivity contribution is -0.870. The minimum Gasteiger partial charge on any atom is -0.462 e. The predicted octanol–water partition coefficient (Wildman–Crippen LogP) is 25.2. The molecule has 9 nitrogen and oxygen atoms in total. The summed E-state index contributed by atoms with van der Waals surface area (Å²) in [7, 11) is 1.43. The maximum atomic E-state index is 12.9. The smallest absolute Gasteiger partial charge is 0.462 e. The summed E-state index contributed by atoms with van der Waals surface area (Å²) in [5.74, 6) is -0.843. The van der Waals surface area contributed by atoms with E-state index < -0.39 is 26.5 Å². The van der Waals surface area contributed by atoms with Crippen molar-refractivity contribution in [2.24, 2.45) is 0 Å². The van der Waals surface area contributed by atoms with Crippen molar-refractivity contribution in [2.75, 3.05) is 47.5 Å². The highest BCUT2D eigenvalue weighted by Gasteiger charge is 2.27. The molecular weight excluding hydrogens is 1210 g/mol. The molecular formula is C86H137NO8P+. The highest BCUT2D eigenvalue weighted by atomic mass is 31.2. The van der Waals surface area contributed by atoms with E-state index in [-0.39, 0.29) is 32.0 Å². The molecule has 0 radical (unpaired) electrons. The molecule has 0 aromatic carbocycles. The van der Waals surface area contributed by atoms with Crippen molar-refractivity contribution in [3.05, 3.63) is 219 Å². The lowest BCUT2D eigenvalue weighted by atomic mass is 10.0. The summed E-state index contributed by atoms with van der Waals surface area (Å²) in [6.07, 6.45) is 118. The highest BCUT2D eigenvalue weighted by Crippen LogP contribution is 2.43. The first kappa shape index (κ1) is 90.3. The van der Waals surface area contributed by atoms with Crippen molar-refractivity contribution < 1.29 is 42.1 Å². The van der Waals surface area contributed by atoms with E-state index in [1.807, 2.05) is 21.1 Å². The Morgan fingerprint density at radius 3 is 0.833 bits per heavy atom. The Kier molecular flexibility index (Phi) is 69.2. The fourth-order valence-corrected chi connectivity index (χ4v) is 10.1. The van der Waals surface area contributed by atoms with E-state index in [4.69, 9.17) is 18.5 Å². The number of likely N-dealkylation sites (N-methyl/N-ethyl adjacent to an activating group) is 1. The van der Waals surface area contributed by atoms with Crippen LogP contribution in [0.4, 0.5) is 0 Å². The summed E-state index contributed by atoms with van der Waals surface area (Å²) in [5.41, 5.74) is 0. The van der Waals surface area contributed by atoms with Crippen LogP contribution in [0.5, 0.6) is 0 Å². The van der Waals surface area contributed by atoms with Crippen molar-refractivity contribution in [1.29, 1.82) is 0 Å². The van der Waals surface area contributed by atoms with E-state index in [1.54, 1.807) is 0 Å². The molecule has 0 rings (SSSR count). The molecule has 0 spiro atoms. The number of rotatable bonds is 66. The second-order valence-corrected chi connectivity index (χ2v) is 26.7. The van der Waals surface area contributed by atoms with Crippen molar-refractivity contribution in [3.8, 4) is 0 Å². The topological polar surface area (TPSA) is 108 Å². The molecule has 0 saturated heterocycles. The van der Waals surface area contributed by atoms with Gasteiger partial charge in [-0.05, 0) is 154 Å². The molecule has 0 aliphatic heterocycles. The van der Waals surface area contributed by atoms with Crippen molar-refractivity contribution >= 4 is 19.8 Å². The molecule has 0 heterocycles. The number of carbonyl (C=O) groups excluding carboxylic acids is 2. The minimum absolute atomic E-state index is 0.0144. The largest absolute Gasteiger partial charge is 0.472 e. The first-order valence-corrected chi connectivity index (χ1v) is 39.0. The Balaban J connectivity index is 4.17. The van der Waals surface area contributed by atoms with Crippen LogP contribution in [0.1, 0.15) is 258 Å². The highest BCUT2D eigenvalue weighted by molar-refractivity contribution is 7.47. The molecule has 0 saturated carbocycles. The van der Waals surface area contributed by atoms with Crippen LogP contribution in [0.25, 0.3) is 0 Å². The van der Waals surface area contributed by atoms with E-state index in [2.05, 4.69) is 233 Å². The summed E-state index contributed by atoms with van der Waals surface area (Å²) in [6, 6.07) is 0. The number of allylic oxidation sites excluding steroid dienone is 36. The maximum absolute atomic E-state index is 12.9. The number of esters is 2. The van der Waals surface area contributed by atoms with Gasteiger partial charge in [-0.2, -0.15) is 0 Å². The molecule has 2 unspecified atom stereocenters. The molecule has 538 valence electrons. The fourth-order valence-electron chi connectivity index (χ4n) is 9.35. The van der Waals surface area contributed by atoms with E-state index in [1.165, 1.54) is 57.8 Å². The third kappa shape index (κ3) is 77.3. The fraction of sp³-hybridized carbons (Fsp3) is 0.558. The molecule has 0 fully saturated rings. The van der Waals surface area contributed by atoms with Crippen molar-refractivity contribution in [3.63, 3.8) is 0 Å². The number of quaternary nitrogens is 1. The number of hydrogen-bond donors (Lipinski definition) is 1. The van der Waals surface area contributed by atoms with Gasteiger partial charge in [0.1, 0.15) is 19.8 Å². The quantitative estimate of drug-likeness (QED) is 0.0211. The average molecular weight is 1340 g/mol. The Bertz CT molecular complexity index is 2430. The van der Waals surface area contributed by atoms with Crippen LogP contribution in [-0.2, 0) is 32.7 Å². The number of carbonyl (C=O) groups is 2. The zero-order chi connectivity index (χ0) is 69.7. The van der Waals surface area contributed by atoms with Gasteiger partial charge in [-0.15, -0.1) is 0 Å². The van der Waals surface area contributed by atoms with E-state index in [0.29, 0.717) is 17.4 Å². The van der Waals surface area contributed by atoms with Crippen LogP contribution in [0.3, 0.4) is 0 Å². The van der Waals surface area contributed by atoms with Crippen LogP contribution < -0.4 is 0 Å². The first-order valence-electron chi connectivity index (χ1n) is 37.5. The van der Waals surface area contributed by atoms with E-state index in [9.17, 15) is 19.0 Å². The van der Waals surface area contributed by atoms with Crippen molar-refractivity contribution in [1.82, 2.24) is 0 Å². The van der Waals surface area contributed by atoms with Crippen LogP contribution in [0.2, 0.25) is 0 Å². The summed E-state index contributed by atoms with van der Waals surface area (Å²) in [5, 5.41) is 0. The van der Waals surface area contributed by atoms with Crippen LogP contribution in [-0.4, -0.2) is 74.9 Å². The number of unbranched alkanes of at least 4 members (excludes halogenated alkanes) is 16. The summed E-state index contributed by atoms with van der Waals surface area (Å²) in [4.78, 5) is 35.9. The van der Waals surface area contributed by atoms with Gasteiger partial charge in [-0.1, -0.05) is 310 Å². The van der Waals surface area contributed by atoms with Crippen LogP contribution in [0, 0.1) is 0 Å². The molecule has 0 aliphatic rings. The van der Waals surface area contributed by atoms with E-state index in [0.717, 1.165) is 167 Å². The van der Waals surface area contributed by atoms with E-state index >= 15 is 0 Å². The third-order valence-corrected chi connectivity index (χ3v) is 16.0. The average Bonchev–Trinajstić information content (AvgIpc) is 2.74. The van der Waals surface area contributed by atoms with Gasteiger partial charge in [0.2, 0.25) is 0 Å². The first-order chi connectivity index (χ1) is 47.0. The number of hydrogen-bond acceptors (Lipinski definition) is 7. The zero-order valence-electron chi connectivity index (χ0n) is 61.3. The van der Waals surface area contributed by atoms with Gasteiger partial charge in [0.25, 0.3) is 0 Å². The summed E-state index contributed by atoms with van der Waals surface area (Å²) in [6.45, 7) is 4.15. The molecule has 96 heavy (non-hydrogen) atoms. The van der Waals surface area contributed by atoms with Gasteiger partial charge >= 0.3 is 19.8 Å². The molecule has 0 amide bonds. The molecule has 2 atom stereocenters. The monoisotopic (exact) mass is 1340 g/mol. The van der Waals surface area contributed by atoms with Gasteiger partial charge in [-0.3, -0.25) is 18.6 Å². The lowest BCUT2D eigenvalue weighted by Crippen LogP contribution is -2.37. The Morgan fingerprint density at radius 1 is 0.323 bits per heavy atom. The SMILES string of the molecule is CC/C=C\C/C=C\C/C=C\C/C=C\C/C=C\C/C=C\C/C=C\C/C=C\C/C=C\C/C=C\CCCCCCC(=O)OC(COC(=O)CCCCCCCCCCCCCC/C=C\C/C=C\C/C=C\C/C=C\C/C=C\C/C=C\C/C=C\C/C=C\CC)COP(=O)(O)OCC[N+](C)(C)C. The number of nitrogens with zero attached hydrogens (tertiary/aromatic N) is 1. The summed E-state index contributed by atoms with van der Waals surface area (Å²) >= 11 is 0. The number of phosphoric ester groups is 1. The normalized spacial score (nSPS) is 14.4. The third-order valence-electron chi connectivity index (χ3n) is 15.0. The number of phosphoric acid groups is 1. The molecule has 0 aromatic rings. The second-order valence-electron chi connectivity index (χ2n) is 25.2. The Morgan fingerprint density at radius 2 is 0.562 bits per heavy atom. The standard InChI is InChI=1S/C86H136NO8P/c1-6-8-10-12-14-16-18-20-22-24-26-28-30-32-34-36-38-40-42-43-45-46-48-50-52-54-56-58-60-62-64-66-68-70-72-74-76-78-85(88)92-82-84(83-94-96(90,91)93-81-80-87(3,4)5)95-86(89)79-77-75-73-71-69-67-65-63-61-59-57-55-53-51-49-47-44-41-39-37-35-33-31-29-27-25-23-21-19-17-15-13-11-9-7-2/h8-11,14-17,20-23,26-29,32-35,38-41,43,45,47-50,53,55,59,61,65,67,84H,6-7,12-13,18-19,24-25,30-31,36-37,42,44,46,51-52,54,56-58,60,62-64,66,68-83H2,1-5H3/p+1/b10-8-,11-9-,16-14-,17-15-,22-20-,23-21-,28-26-,29-27-,34-32-,35-33-,40-38-,41-39-,45-43-,49-47-,50-48-,55-53-,61-59-,67-65-. The van der Waals surface area contributed by atoms with Gasteiger partial charge in [0.15, 0.2) is 6.10 Å². The Labute approximate surface area is 588 Å². The second kappa shape index (κ2) is 73.6. The van der Waals surface area contributed by atoms with Gasteiger partial charge in [0, 0.05) is 12.8 Å². The number of ether oxygens (including phenoxy) is 2. The lowest BCUT2D eigenvalue weighted by Gasteiger charge is -2.24. The maximum Gasteiger partial charge on any atom is 0.472 e. The molecule has 10 heteroatoms. The predicted molar refractivity (Wildman–Crippen MR) is 417 cm³/mol. The van der Waals surface area contributed by atoms with Crippen molar-refractivity contribution in [2.45, 2.75) is 264 Å². The molecule has 0 aromatic heterocycles. The molecule has 0 aliphatic carbocycles. The van der Waals surface area contributed by atoms with Gasteiger partial charge in [0.05, 0.1) is 27.7 Å². The van der Waals surface area contributed by atoms with Crippen LogP contribution >= 0.6 is 7.82 Å². The zero-order valence-corrected chi connectivity index (χ0v) is 62.2. The Hall–Kier alpha value is -5.67. The van der Waals surface area contributed by atoms with Crippen LogP contribution in [0.15, 0.2) is 219 Å². The minimum atomic E-state index is -4.42. The van der Waals surface area contributed by atoms with Gasteiger partial charge < -0.3 is 18.9 Å². The van der Waals surface area contributed by atoms with Gasteiger partial charge in [-0.25, -0.2) is 4.57 Å². The molecule has 0 bridgehead atoms. The summed E-state index contributed by atoms with van der Waals surface area (Å²) < 4.78 is 34.7.